The first kappa shape index (κ1) is 31.3. The first-order chi connectivity index (χ1) is 17.7. The lowest BCUT2D eigenvalue weighted by Gasteiger charge is -2.35. The molecule has 5 rings (SSSR count). The van der Waals surface area contributed by atoms with Gasteiger partial charge in [-0.25, -0.2) is 8.78 Å². The van der Waals surface area contributed by atoms with Crippen LogP contribution in [0.4, 0.5) is 8.78 Å². The molecule has 0 radical (unpaired) electrons. The normalized spacial score (nSPS) is 19.2. The zero-order valence-electron chi connectivity index (χ0n) is 21.5. The molecule has 1 atom stereocenters. The number of rotatable bonds is 4. The number of fused-ring (bicyclic) bond motifs is 2. The molecule has 2 amide bonds. The van der Waals surface area contributed by atoms with Crippen LogP contribution < -0.4 is 5.73 Å². The zero-order chi connectivity index (χ0) is 26.2. The van der Waals surface area contributed by atoms with Crippen LogP contribution >= 0.6 is 36.4 Å². The predicted molar refractivity (Wildman–Crippen MR) is 153 cm³/mol. The van der Waals surface area contributed by atoms with Crippen LogP contribution in [0.1, 0.15) is 54.5 Å². The minimum Gasteiger partial charge on any atom is -0.342 e. The van der Waals surface area contributed by atoms with Gasteiger partial charge in [-0.05, 0) is 60.6 Å². The maximum absolute atomic E-state index is 13.7. The van der Waals surface area contributed by atoms with E-state index in [4.69, 9.17) is 22.3 Å². The Bertz CT molecular complexity index is 1250. The fraction of sp³-hybridized carbons (Fsp3) is 0.464. The number of carbonyl (C=O) groups excluding carboxylic acids is 2. The van der Waals surface area contributed by atoms with E-state index in [1.807, 2.05) is 24.4 Å². The van der Waals surface area contributed by atoms with Gasteiger partial charge in [0.15, 0.2) is 0 Å². The van der Waals surface area contributed by atoms with E-state index in [9.17, 15) is 18.4 Å². The number of pyridine rings is 1. The number of piperidine rings is 2. The van der Waals surface area contributed by atoms with Gasteiger partial charge in [-0.15, -0.1) is 24.8 Å². The molecule has 212 valence electrons. The Morgan fingerprint density at radius 2 is 1.79 bits per heavy atom. The number of nitrogens with two attached hydrogens (primary N) is 1. The molecule has 3 heterocycles. The summed E-state index contributed by atoms with van der Waals surface area (Å²) in [6.07, 6.45) is 4.43. The number of alkyl halides is 2. The maximum Gasteiger partial charge on any atom is 0.265 e. The van der Waals surface area contributed by atoms with E-state index >= 15 is 0 Å². The molecule has 1 aromatic heterocycles. The molecule has 2 aromatic rings. The third kappa shape index (κ3) is 7.09. The first-order valence-corrected chi connectivity index (χ1v) is 13.2. The molecule has 2 fully saturated rings. The van der Waals surface area contributed by atoms with Crippen molar-refractivity contribution in [1.29, 1.82) is 0 Å². The van der Waals surface area contributed by atoms with Gasteiger partial charge in [0, 0.05) is 61.7 Å². The van der Waals surface area contributed by atoms with Crippen LogP contribution in [0.2, 0.25) is 5.02 Å². The summed E-state index contributed by atoms with van der Waals surface area (Å²) in [6, 6.07) is 9.43. The fourth-order valence-electron chi connectivity index (χ4n) is 5.67. The number of amides is 2. The highest BCUT2D eigenvalue weighted by molar-refractivity contribution is 6.30. The molecule has 6 nitrogen and oxygen atoms in total. The summed E-state index contributed by atoms with van der Waals surface area (Å²) in [7, 11) is 0. The number of hydrogen-bond acceptors (Lipinski definition) is 4. The topological polar surface area (TPSA) is 79.5 Å². The lowest BCUT2D eigenvalue weighted by molar-refractivity contribution is -0.148. The molecule has 2 aliphatic heterocycles. The van der Waals surface area contributed by atoms with Gasteiger partial charge in [-0.3, -0.25) is 14.6 Å². The van der Waals surface area contributed by atoms with Crippen LogP contribution in [0.25, 0.3) is 5.57 Å². The van der Waals surface area contributed by atoms with Gasteiger partial charge < -0.3 is 15.5 Å². The fourth-order valence-corrected chi connectivity index (χ4v) is 5.87. The molecule has 0 bridgehead atoms. The molecule has 3 aliphatic rings. The van der Waals surface area contributed by atoms with Gasteiger partial charge in [0.25, 0.3) is 5.92 Å². The van der Waals surface area contributed by atoms with Crippen molar-refractivity contribution in [3.05, 3.63) is 69.5 Å². The van der Waals surface area contributed by atoms with E-state index in [0.717, 1.165) is 34.6 Å². The minimum absolute atomic E-state index is 0. The highest BCUT2D eigenvalue weighted by Crippen LogP contribution is 2.38. The molecule has 11 heteroatoms. The molecular weight excluding hydrogens is 569 g/mol. The molecule has 0 saturated carbocycles. The van der Waals surface area contributed by atoms with Crippen LogP contribution in [-0.2, 0) is 22.4 Å². The average Bonchev–Trinajstić information content (AvgIpc) is 3.03. The quantitative estimate of drug-likeness (QED) is 0.530. The number of hydrogen-bond donors (Lipinski definition) is 1. The van der Waals surface area contributed by atoms with E-state index in [1.54, 1.807) is 4.90 Å². The molecule has 1 aromatic carbocycles. The summed E-state index contributed by atoms with van der Waals surface area (Å²) in [4.78, 5) is 32.7. The summed E-state index contributed by atoms with van der Waals surface area (Å²) in [6.45, 7) is 0.439. The average molecular weight is 602 g/mol. The number of nitrogens with zero attached hydrogens (tertiary/aromatic N) is 3. The third-order valence-electron chi connectivity index (χ3n) is 7.57. The number of halogens is 5. The number of likely N-dealkylation sites (tertiary alicyclic amines) is 2. The minimum atomic E-state index is -2.90. The van der Waals surface area contributed by atoms with Crippen molar-refractivity contribution < 1.29 is 18.4 Å². The smallest absolute Gasteiger partial charge is 0.265 e. The number of aromatic nitrogens is 1. The Kier molecular flexibility index (Phi) is 10.4. The van der Waals surface area contributed by atoms with Crippen LogP contribution in [0, 0.1) is 0 Å². The second kappa shape index (κ2) is 12.9. The Morgan fingerprint density at radius 3 is 2.54 bits per heavy atom. The largest absolute Gasteiger partial charge is 0.342 e. The predicted octanol–water partition coefficient (Wildman–Crippen LogP) is 5.08. The second-order valence-electron chi connectivity index (χ2n) is 10.3. The van der Waals surface area contributed by atoms with Crippen molar-refractivity contribution in [1.82, 2.24) is 14.8 Å². The van der Waals surface area contributed by atoms with Crippen LogP contribution in [0.5, 0.6) is 0 Å². The molecular formula is C28H33Cl3F2N4O2. The van der Waals surface area contributed by atoms with Gasteiger partial charge in [0.1, 0.15) is 0 Å². The Labute approximate surface area is 244 Å². The standard InChI is InChI=1S/C28H31ClF2N4O2.2ClH/c29-21-5-6-23-20(14-21)4-3-19-2-1-11-33-27(19)26(23)18-8-12-34(13-9-18)25(37)15-22(32)16-35-17-28(30,31)10-7-24(35)36;;/h1-2,5-6,11,14,22H,3-4,7-10,12-13,15-17,32H2;2*1H/t22-;;/m0../s1. The highest BCUT2D eigenvalue weighted by atomic mass is 35.5. The first-order valence-electron chi connectivity index (χ1n) is 12.8. The van der Waals surface area contributed by atoms with Gasteiger partial charge >= 0.3 is 0 Å². The number of aryl methyl sites for hydroxylation is 2. The Hall–Kier alpha value is -2.26. The van der Waals surface area contributed by atoms with E-state index in [0.29, 0.717) is 31.0 Å². The van der Waals surface area contributed by atoms with Crippen molar-refractivity contribution in [3.63, 3.8) is 0 Å². The zero-order valence-corrected chi connectivity index (χ0v) is 23.9. The third-order valence-corrected chi connectivity index (χ3v) is 7.81. The van der Waals surface area contributed by atoms with Gasteiger partial charge in [-0.1, -0.05) is 29.3 Å². The van der Waals surface area contributed by atoms with Crippen molar-refractivity contribution in [2.75, 3.05) is 26.2 Å². The highest BCUT2D eigenvalue weighted by Gasteiger charge is 2.39. The lowest BCUT2D eigenvalue weighted by atomic mass is 9.88. The Balaban J connectivity index is 0.00000210. The molecule has 2 saturated heterocycles. The van der Waals surface area contributed by atoms with Crippen molar-refractivity contribution in [3.8, 4) is 0 Å². The number of benzene rings is 1. The molecule has 0 spiro atoms. The van der Waals surface area contributed by atoms with Crippen molar-refractivity contribution in [2.45, 2.75) is 56.9 Å². The Morgan fingerprint density at radius 1 is 1.08 bits per heavy atom. The van der Waals surface area contributed by atoms with Gasteiger partial charge in [0.05, 0.1) is 12.2 Å². The van der Waals surface area contributed by atoms with Gasteiger partial charge in [0.2, 0.25) is 11.8 Å². The van der Waals surface area contributed by atoms with E-state index in [-0.39, 0.29) is 56.0 Å². The summed E-state index contributed by atoms with van der Waals surface area (Å²) >= 11 is 6.31. The van der Waals surface area contributed by atoms with Gasteiger partial charge in [-0.2, -0.15) is 0 Å². The van der Waals surface area contributed by atoms with E-state index in [2.05, 4.69) is 12.1 Å². The van der Waals surface area contributed by atoms with Crippen LogP contribution in [0.3, 0.4) is 0 Å². The molecule has 2 N–H and O–H groups in total. The maximum atomic E-state index is 13.7. The second-order valence-corrected chi connectivity index (χ2v) is 10.7. The monoisotopic (exact) mass is 600 g/mol. The summed E-state index contributed by atoms with van der Waals surface area (Å²) < 4.78 is 27.5. The van der Waals surface area contributed by atoms with E-state index in [1.165, 1.54) is 16.7 Å². The van der Waals surface area contributed by atoms with E-state index < -0.39 is 24.9 Å². The number of carbonyl (C=O) groups is 2. The summed E-state index contributed by atoms with van der Waals surface area (Å²) in [5.41, 5.74) is 13.1. The van der Waals surface area contributed by atoms with Crippen LogP contribution in [-0.4, -0.2) is 64.7 Å². The van der Waals surface area contributed by atoms with Crippen molar-refractivity contribution in [2.24, 2.45) is 5.73 Å². The SMILES string of the molecule is Cl.Cl.N[C@@H](CC(=O)N1CCC(=C2c3ccc(Cl)cc3CCc3cccnc32)CC1)CN1CC(F)(F)CCC1=O. The molecule has 0 unspecified atom stereocenters. The molecule has 39 heavy (non-hydrogen) atoms. The van der Waals surface area contributed by atoms with Crippen LogP contribution in [0.15, 0.2) is 42.1 Å². The summed E-state index contributed by atoms with van der Waals surface area (Å²) in [5.74, 6) is -3.34. The van der Waals surface area contributed by atoms with Crippen molar-refractivity contribution >= 4 is 53.8 Å². The summed E-state index contributed by atoms with van der Waals surface area (Å²) in [5, 5.41) is 0.716. The lowest BCUT2D eigenvalue weighted by Crippen LogP contribution is -2.51. The molecule has 1 aliphatic carbocycles.